The summed E-state index contributed by atoms with van der Waals surface area (Å²) in [5.74, 6) is 0.963. The highest BCUT2D eigenvalue weighted by Gasteiger charge is 2.06. The average Bonchev–Trinajstić information content (AvgIpc) is 2.30. The normalized spacial score (nSPS) is 10.0. The number of hydrogen-bond donors (Lipinski definition) is 0. The van der Waals surface area contributed by atoms with Crippen LogP contribution in [0.4, 0.5) is 11.5 Å². The summed E-state index contributed by atoms with van der Waals surface area (Å²) >= 11 is 0. The van der Waals surface area contributed by atoms with Crippen molar-refractivity contribution < 1.29 is 0 Å². The van der Waals surface area contributed by atoms with Gasteiger partial charge in [0.15, 0.2) is 0 Å². The Hall–Kier alpha value is -1.90. The Labute approximate surface area is 89.4 Å². The van der Waals surface area contributed by atoms with Gasteiger partial charge in [0.05, 0.1) is 11.9 Å². The van der Waals surface area contributed by atoms with E-state index in [1.165, 1.54) is 0 Å². The first-order valence-corrected chi connectivity index (χ1v) is 4.84. The zero-order valence-electron chi connectivity index (χ0n) is 8.88. The van der Waals surface area contributed by atoms with Crippen LogP contribution in [0.5, 0.6) is 0 Å². The monoisotopic (exact) mass is 199 g/mol. The van der Waals surface area contributed by atoms with E-state index in [1.54, 1.807) is 12.4 Å². The molecule has 76 valence electrons. The van der Waals surface area contributed by atoms with Crippen LogP contribution >= 0.6 is 0 Å². The summed E-state index contributed by atoms with van der Waals surface area (Å²) in [5.41, 5.74) is 2.20. The van der Waals surface area contributed by atoms with E-state index in [1.807, 2.05) is 36.3 Å². The van der Waals surface area contributed by atoms with E-state index in [0.717, 1.165) is 17.1 Å². The summed E-state index contributed by atoms with van der Waals surface area (Å²) in [6.07, 6.45) is 5.39. The fraction of sp³-hybridized carbons (Fsp3) is 0.167. The Balaban J connectivity index is 2.37. The van der Waals surface area contributed by atoms with Crippen molar-refractivity contribution in [2.45, 2.75) is 6.92 Å². The summed E-state index contributed by atoms with van der Waals surface area (Å²) in [4.78, 5) is 10.5. The van der Waals surface area contributed by atoms with E-state index in [-0.39, 0.29) is 0 Å². The van der Waals surface area contributed by atoms with Crippen LogP contribution in [0.3, 0.4) is 0 Å². The van der Waals surface area contributed by atoms with E-state index in [2.05, 4.69) is 23.0 Å². The van der Waals surface area contributed by atoms with Crippen LogP contribution in [0.1, 0.15) is 5.56 Å². The van der Waals surface area contributed by atoms with Crippen LogP contribution in [0, 0.1) is 6.92 Å². The molecule has 0 saturated carbocycles. The Morgan fingerprint density at radius 2 is 1.93 bits per heavy atom. The van der Waals surface area contributed by atoms with E-state index in [0.29, 0.717) is 0 Å². The average molecular weight is 199 g/mol. The number of rotatable bonds is 2. The molecule has 0 atom stereocenters. The van der Waals surface area contributed by atoms with Gasteiger partial charge in [-0.3, -0.25) is 4.98 Å². The summed E-state index contributed by atoms with van der Waals surface area (Å²) in [7, 11) is 1.99. The molecule has 0 bridgehead atoms. The van der Waals surface area contributed by atoms with Crippen molar-refractivity contribution in [3.63, 3.8) is 0 Å². The van der Waals surface area contributed by atoms with Crippen LogP contribution < -0.4 is 4.90 Å². The maximum Gasteiger partial charge on any atom is 0.135 e. The zero-order chi connectivity index (χ0) is 10.7. The number of aromatic nitrogens is 2. The zero-order valence-corrected chi connectivity index (χ0v) is 8.88. The van der Waals surface area contributed by atoms with E-state index < -0.39 is 0 Å². The lowest BCUT2D eigenvalue weighted by atomic mass is 10.2. The standard InChI is InChI=1S/C12H13N3/c1-10-5-3-8-14-12(10)15(2)11-6-4-7-13-9-11/h3-9H,1-2H3. The van der Waals surface area contributed by atoms with Crippen molar-refractivity contribution in [1.82, 2.24) is 9.97 Å². The fourth-order valence-electron chi connectivity index (χ4n) is 1.50. The van der Waals surface area contributed by atoms with Crippen LogP contribution in [0.25, 0.3) is 0 Å². The van der Waals surface area contributed by atoms with E-state index in [9.17, 15) is 0 Å². The highest BCUT2D eigenvalue weighted by molar-refractivity contribution is 5.60. The number of nitrogens with zero attached hydrogens (tertiary/aromatic N) is 3. The minimum absolute atomic E-state index is 0.963. The van der Waals surface area contributed by atoms with Gasteiger partial charge in [-0.25, -0.2) is 4.98 Å². The highest BCUT2D eigenvalue weighted by atomic mass is 15.2. The van der Waals surface area contributed by atoms with Crippen molar-refractivity contribution in [3.05, 3.63) is 48.4 Å². The third-order valence-electron chi connectivity index (χ3n) is 2.33. The first-order chi connectivity index (χ1) is 7.29. The molecule has 0 radical (unpaired) electrons. The molecule has 0 aromatic carbocycles. The van der Waals surface area contributed by atoms with Crippen LogP contribution in [0.15, 0.2) is 42.9 Å². The molecular weight excluding hydrogens is 186 g/mol. The first kappa shape index (κ1) is 9.65. The molecule has 3 nitrogen and oxygen atoms in total. The van der Waals surface area contributed by atoms with E-state index in [4.69, 9.17) is 0 Å². The summed E-state index contributed by atoms with van der Waals surface area (Å²) in [5, 5.41) is 0. The maximum atomic E-state index is 4.35. The van der Waals surface area contributed by atoms with Gasteiger partial charge in [0.1, 0.15) is 5.82 Å². The molecule has 0 saturated heterocycles. The van der Waals surface area contributed by atoms with Gasteiger partial charge in [0.25, 0.3) is 0 Å². The quantitative estimate of drug-likeness (QED) is 0.744. The number of hydrogen-bond acceptors (Lipinski definition) is 3. The maximum absolute atomic E-state index is 4.35. The Morgan fingerprint density at radius 1 is 1.13 bits per heavy atom. The summed E-state index contributed by atoms with van der Waals surface area (Å²) < 4.78 is 0. The Kier molecular flexibility index (Phi) is 2.63. The molecule has 2 rings (SSSR count). The predicted octanol–water partition coefficient (Wildman–Crippen LogP) is 2.55. The molecule has 0 fully saturated rings. The molecule has 0 amide bonds. The lowest BCUT2D eigenvalue weighted by Gasteiger charge is -2.19. The van der Waals surface area contributed by atoms with Gasteiger partial charge in [-0.2, -0.15) is 0 Å². The van der Waals surface area contributed by atoms with Gasteiger partial charge in [0, 0.05) is 19.4 Å². The second-order valence-corrected chi connectivity index (χ2v) is 3.41. The smallest absolute Gasteiger partial charge is 0.135 e. The molecule has 0 aliphatic carbocycles. The molecule has 0 N–H and O–H groups in total. The molecule has 0 spiro atoms. The van der Waals surface area contributed by atoms with Gasteiger partial charge >= 0.3 is 0 Å². The van der Waals surface area contributed by atoms with Crippen LogP contribution in [0.2, 0.25) is 0 Å². The number of aryl methyl sites for hydroxylation is 1. The molecular formula is C12H13N3. The SMILES string of the molecule is Cc1cccnc1N(C)c1cccnc1. The van der Waals surface area contributed by atoms with Gasteiger partial charge in [-0.1, -0.05) is 6.07 Å². The second-order valence-electron chi connectivity index (χ2n) is 3.41. The first-order valence-electron chi connectivity index (χ1n) is 4.84. The number of pyridine rings is 2. The molecule has 2 aromatic heterocycles. The summed E-state index contributed by atoms with van der Waals surface area (Å²) in [6, 6.07) is 7.93. The van der Waals surface area contributed by atoms with Crippen molar-refractivity contribution >= 4 is 11.5 Å². The van der Waals surface area contributed by atoms with Gasteiger partial charge in [-0.05, 0) is 30.7 Å². The lowest BCUT2D eigenvalue weighted by molar-refractivity contribution is 1.09. The van der Waals surface area contributed by atoms with Crippen molar-refractivity contribution in [2.24, 2.45) is 0 Å². The fourth-order valence-corrected chi connectivity index (χ4v) is 1.50. The topological polar surface area (TPSA) is 29.0 Å². The summed E-state index contributed by atoms with van der Waals surface area (Å²) in [6.45, 7) is 2.05. The van der Waals surface area contributed by atoms with Crippen molar-refractivity contribution in [3.8, 4) is 0 Å². The lowest BCUT2D eigenvalue weighted by Crippen LogP contribution is -2.12. The third-order valence-corrected chi connectivity index (χ3v) is 2.33. The minimum atomic E-state index is 0.963. The van der Waals surface area contributed by atoms with Crippen molar-refractivity contribution in [1.29, 1.82) is 0 Å². The third kappa shape index (κ3) is 1.96. The molecule has 2 heterocycles. The molecule has 0 aliphatic heterocycles. The molecule has 2 aromatic rings. The minimum Gasteiger partial charge on any atom is -0.328 e. The van der Waals surface area contributed by atoms with Crippen molar-refractivity contribution in [2.75, 3.05) is 11.9 Å². The van der Waals surface area contributed by atoms with E-state index >= 15 is 0 Å². The molecule has 0 aliphatic rings. The van der Waals surface area contributed by atoms with Gasteiger partial charge < -0.3 is 4.90 Å². The Morgan fingerprint density at radius 3 is 2.60 bits per heavy atom. The van der Waals surface area contributed by atoms with Crippen LogP contribution in [-0.2, 0) is 0 Å². The largest absolute Gasteiger partial charge is 0.328 e. The molecule has 15 heavy (non-hydrogen) atoms. The number of anilines is 2. The van der Waals surface area contributed by atoms with Gasteiger partial charge in [-0.15, -0.1) is 0 Å². The van der Waals surface area contributed by atoms with Gasteiger partial charge in [0.2, 0.25) is 0 Å². The second kappa shape index (κ2) is 4.09. The highest BCUT2D eigenvalue weighted by Crippen LogP contribution is 2.22. The molecule has 0 unspecified atom stereocenters. The Bertz CT molecular complexity index is 440. The van der Waals surface area contributed by atoms with Crippen LogP contribution in [-0.4, -0.2) is 17.0 Å². The predicted molar refractivity (Wildman–Crippen MR) is 61.3 cm³/mol. The molecule has 3 heteroatoms.